The summed E-state index contributed by atoms with van der Waals surface area (Å²) in [6, 6.07) is 9.70. The molecule has 0 bridgehead atoms. The fraction of sp³-hybridized carbons (Fsp3) is 0.250. The number of nitrogens with zero attached hydrogens (tertiary/aromatic N) is 2. The second kappa shape index (κ2) is 3.89. The Morgan fingerprint density at radius 3 is 2.62 bits per heavy atom. The van der Waals surface area contributed by atoms with Crippen LogP contribution in [0.15, 0.2) is 52.3 Å². The van der Waals surface area contributed by atoms with Crippen molar-refractivity contribution < 1.29 is 9.53 Å². The van der Waals surface area contributed by atoms with Crippen molar-refractivity contribution in [2.24, 2.45) is 10.2 Å². The van der Waals surface area contributed by atoms with Crippen LogP contribution >= 0.6 is 0 Å². The number of hydrogen-bond donors (Lipinski definition) is 0. The molecule has 0 aromatic heterocycles. The first-order chi connectivity index (χ1) is 7.65. The number of hydrogen-bond acceptors (Lipinski definition) is 4. The molecule has 4 heteroatoms. The molecule has 0 spiro atoms. The number of azo groups is 1. The third kappa shape index (κ3) is 1.74. The van der Waals surface area contributed by atoms with E-state index in [4.69, 9.17) is 0 Å². The number of benzene rings is 1. The summed E-state index contributed by atoms with van der Waals surface area (Å²) in [4.78, 5) is 11.3. The molecule has 4 nitrogen and oxygen atoms in total. The quantitative estimate of drug-likeness (QED) is 0.713. The average molecular weight is 216 g/mol. The summed E-state index contributed by atoms with van der Waals surface area (Å²) in [5.74, 6) is -0.455. The summed E-state index contributed by atoms with van der Waals surface area (Å²) in [7, 11) is 1.33. The van der Waals surface area contributed by atoms with Crippen molar-refractivity contribution in [2.75, 3.05) is 7.11 Å². The molecule has 0 saturated heterocycles. The van der Waals surface area contributed by atoms with Crippen molar-refractivity contribution in [1.82, 2.24) is 0 Å². The van der Waals surface area contributed by atoms with Crippen LogP contribution in [0.25, 0.3) is 0 Å². The Kier molecular flexibility index (Phi) is 2.56. The normalized spacial score (nSPS) is 23.0. The molecule has 1 aliphatic heterocycles. The van der Waals surface area contributed by atoms with Gasteiger partial charge in [0.2, 0.25) is 0 Å². The molecule has 0 aliphatic carbocycles. The molecule has 1 atom stereocenters. The monoisotopic (exact) mass is 216 g/mol. The summed E-state index contributed by atoms with van der Waals surface area (Å²) in [5.41, 5.74) is 0.691. The highest BCUT2D eigenvalue weighted by Gasteiger charge is 2.31. The van der Waals surface area contributed by atoms with E-state index in [9.17, 15) is 4.79 Å². The summed E-state index contributed by atoms with van der Waals surface area (Å²) < 4.78 is 4.60. The van der Waals surface area contributed by atoms with Gasteiger partial charge in [-0.1, -0.05) is 30.3 Å². The molecule has 0 fully saturated rings. The fourth-order valence-corrected chi connectivity index (χ4v) is 1.60. The van der Waals surface area contributed by atoms with Crippen LogP contribution in [0.4, 0.5) is 0 Å². The Balaban J connectivity index is 2.34. The summed E-state index contributed by atoms with van der Waals surface area (Å²) in [6.45, 7) is 1.90. The molecule has 0 N–H and O–H groups in total. The van der Waals surface area contributed by atoms with Gasteiger partial charge >= 0.3 is 5.97 Å². The second-order valence-electron chi connectivity index (χ2n) is 3.73. The van der Waals surface area contributed by atoms with Gasteiger partial charge in [0.05, 0.1) is 7.11 Å². The van der Waals surface area contributed by atoms with Crippen molar-refractivity contribution in [3.8, 4) is 0 Å². The van der Waals surface area contributed by atoms with Crippen molar-refractivity contribution in [1.29, 1.82) is 0 Å². The third-order valence-corrected chi connectivity index (χ3v) is 2.54. The van der Waals surface area contributed by atoms with Gasteiger partial charge in [0.25, 0.3) is 0 Å². The van der Waals surface area contributed by atoms with E-state index in [2.05, 4.69) is 15.0 Å². The first-order valence-electron chi connectivity index (χ1n) is 4.95. The van der Waals surface area contributed by atoms with Crippen molar-refractivity contribution in [2.45, 2.75) is 12.5 Å². The Hall–Kier alpha value is -1.97. The summed E-state index contributed by atoms with van der Waals surface area (Å²) >= 11 is 0. The van der Waals surface area contributed by atoms with Crippen LogP contribution in [0.2, 0.25) is 0 Å². The number of carbonyl (C=O) groups excluding carboxylic acids is 1. The van der Waals surface area contributed by atoms with Gasteiger partial charge in [-0.2, -0.15) is 5.11 Å². The smallest absolute Gasteiger partial charge is 0.358 e. The van der Waals surface area contributed by atoms with Gasteiger partial charge in [-0.15, -0.1) is 5.11 Å². The van der Waals surface area contributed by atoms with Gasteiger partial charge in [-0.3, -0.25) is 0 Å². The van der Waals surface area contributed by atoms with Crippen LogP contribution in [0, 0.1) is 0 Å². The fourth-order valence-electron chi connectivity index (χ4n) is 1.60. The maximum Gasteiger partial charge on any atom is 0.358 e. The van der Waals surface area contributed by atoms with Crippen LogP contribution in [0.1, 0.15) is 12.5 Å². The van der Waals surface area contributed by atoms with Gasteiger partial charge in [-0.05, 0) is 18.6 Å². The summed E-state index contributed by atoms with van der Waals surface area (Å²) in [6.07, 6.45) is 1.72. The maximum atomic E-state index is 11.3. The topological polar surface area (TPSA) is 51.0 Å². The van der Waals surface area contributed by atoms with Crippen molar-refractivity contribution >= 4 is 5.97 Å². The zero-order chi connectivity index (χ0) is 11.6. The number of rotatable bonds is 2. The van der Waals surface area contributed by atoms with Crippen LogP contribution in [-0.2, 0) is 15.1 Å². The highest BCUT2D eigenvalue weighted by atomic mass is 16.5. The molecule has 1 aromatic rings. The zero-order valence-corrected chi connectivity index (χ0v) is 9.18. The van der Waals surface area contributed by atoms with E-state index in [0.29, 0.717) is 0 Å². The summed E-state index contributed by atoms with van der Waals surface area (Å²) in [5, 5.41) is 7.97. The molecule has 1 aromatic carbocycles. The number of methoxy groups -OCH3 is 1. The molecular formula is C12H12N2O2. The predicted molar refractivity (Wildman–Crippen MR) is 58.7 cm³/mol. The zero-order valence-electron chi connectivity index (χ0n) is 9.18. The van der Waals surface area contributed by atoms with E-state index in [-0.39, 0.29) is 5.70 Å². The lowest BCUT2D eigenvalue weighted by Crippen LogP contribution is -2.13. The molecule has 0 amide bonds. The molecular weight excluding hydrogens is 204 g/mol. The average Bonchev–Trinajstić information content (AvgIpc) is 2.73. The number of esters is 1. The standard InChI is InChI=1S/C12H12N2O2/c1-12(9-6-4-3-5-7-9)8-10(13-14-12)11(15)16-2/h3-8H,1-2H3. The molecule has 2 rings (SSSR count). The molecule has 1 aliphatic rings. The van der Waals surface area contributed by atoms with Crippen molar-refractivity contribution in [3.63, 3.8) is 0 Å². The van der Waals surface area contributed by atoms with E-state index in [0.717, 1.165) is 5.56 Å². The lowest BCUT2D eigenvalue weighted by atomic mass is 9.93. The Morgan fingerprint density at radius 1 is 1.31 bits per heavy atom. The number of carbonyl (C=O) groups is 1. The number of ether oxygens (including phenoxy) is 1. The van der Waals surface area contributed by atoms with Gasteiger partial charge in [-0.25, -0.2) is 4.79 Å². The first-order valence-corrected chi connectivity index (χ1v) is 4.95. The first kappa shape index (κ1) is 10.5. The van der Waals surface area contributed by atoms with Gasteiger partial charge in [0, 0.05) is 0 Å². The van der Waals surface area contributed by atoms with Crippen molar-refractivity contribution in [3.05, 3.63) is 47.7 Å². The third-order valence-electron chi connectivity index (χ3n) is 2.54. The van der Waals surface area contributed by atoms with E-state index < -0.39 is 11.5 Å². The van der Waals surface area contributed by atoms with E-state index in [1.165, 1.54) is 7.11 Å². The molecule has 16 heavy (non-hydrogen) atoms. The van der Waals surface area contributed by atoms with Crippen LogP contribution in [0.3, 0.4) is 0 Å². The molecule has 0 radical (unpaired) electrons. The molecule has 1 unspecified atom stereocenters. The molecule has 82 valence electrons. The van der Waals surface area contributed by atoms with E-state index in [1.54, 1.807) is 6.08 Å². The SMILES string of the molecule is COC(=O)C1=CC(C)(c2ccccc2)N=N1. The van der Waals surface area contributed by atoms with Crippen LogP contribution in [-0.4, -0.2) is 13.1 Å². The Morgan fingerprint density at radius 2 is 2.00 bits per heavy atom. The largest absolute Gasteiger partial charge is 0.464 e. The van der Waals surface area contributed by atoms with Crippen LogP contribution in [0.5, 0.6) is 0 Å². The van der Waals surface area contributed by atoms with Gasteiger partial charge < -0.3 is 4.74 Å². The minimum atomic E-state index is -0.565. The van der Waals surface area contributed by atoms with E-state index in [1.807, 2.05) is 37.3 Å². The van der Waals surface area contributed by atoms with E-state index >= 15 is 0 Å². The minimum absolute atomic E-state index is 0.258. The molecule has 1 heterocycles. The highest BCUT2D eigenvalue weighted by molar-refractivity contribution is 5.88. The van der Waals surface area contributed by atoms with Gasteiger partial charge in [0.15, 0.2) is 5.70 Å². The van der Waals surface area contributed by atoms with Gasteiger partial charge in [0.1, 0.15) is 5.54 Å². The minimum Gasteiger partial charge on any atom is -0.464 e. The Bertz CT molecular complexity index is 465. The maximum absolute atomic E-state index is 11.3. The lowest BCUT2D eigenvalue weighted by molar-refractivity contribution is -0.136. The Labute approximate surface area is 93.6 Å². The molecule has 0 saturated carbocycles. The van der Waals surface area contributed by atoms with Crippen LogP contribution < -0.4 is 0 Å². The second-order valence-corrected chi connectivity index (χ2v) is 3.73. The highest BCUT2D eigenvalue weighted by Crippen LogP contribution is 2.33. The lowest BCUT2D eigenvalue weighted by Gasteiger charge is -2.16. The predicted octanol–water partition coefficient (Wildman–Crippen LogP) is 2.42.